The van der Waals surface area contributed by atoms with E-state index in [2.05, 4.69) is 51.7 Å². The number of primary amides is 1. The molecule has 1 aliphatic heterocycles. The van der Waals surface area contributed by atoms with Crippen molar-refractivity contribution in [1.82, 2.24) is 20.9 Å². The summed E-state index contributed by atoms with van der Waals surface area (Å²) in [6.07, 6.45) is 4.86. The molecule has 0 spiro atoms. The summed E-state index contributed by atoms with van der Waals surface area (Å²) in [5.41, 5.74) is 10.4. The van der Waals surface area contributed by atoms with Crippen molar-refractivity contribution in [2.75, 3.05) is 23.7 Å². The van der Waals surface area contributed by atoms with E-state index in [1.807, 2.05) is 30.3 Å². The van der Waals surface area contributed by atoms with Gasteiger partial charge in [0.15, 0.2) is 0 Å². The molecule has 7 N–H and O–H groups in total. The van der Waals surface area contributed by atoms with Gasteiger partial charge in [0, 0.05) is 43.0 Å². The quantitative estimate of drug-likeness (QED) is 0.0647. The van der Waals surface area contributed by atoms with Gasteiger partial charge in [-0.3, -0.25) is 34.2 Å². The minimum absolute atomic E-state index is 0.0162. The Morgan fingerprint density at radius 3 is 2.03 bits per heavy atom. The van der Waals surface area contributed by atoms with Crippen LogP contribution in [0.1, 0.15) is 74.6 Å². The highest BCUT2D eigenvalue weighted by molar-refractivity contribution is 6.12. The van der Waals surface area contributed by atoms with Gasteiger partial charge in [0.2, 0.25) is 17.7 Å². The number of aryl methyl sites for hydroxylation is 1. The lowest BCUT2D eigenvalue weighted by Crippen LogP contribution is -2.54. The third kappa shape index (κ3) is 14.9. The molecular weight excluding hydrogens is 743 g/mol. The summed E-state index contributed by atoms with van der Waals surface area (Å²) < 4.78 is 5.39. The zero-order valence-corrected chi connectivity index (χ0v) is 33.2. The van der Waals surface area contributed by atoms with Gasteiger partial charge >= 0.3 is 12.1 Å². The van der Waals surface area contributed by atoms with Gasteiger partial charge in [0.25, 0.3) is 11.8 Å². The molecule has 8 amide bonds. The molecule has 1 aliphatic rings. The van der Waals surface area contributed by atoms with Crippen LogP contribution >= 0.6 is 0 Å². The molecule has 0 aromatic heterocycles. The predicted molar refractivity (Wildman–Crippen MR) is 219 cm³/mol. The van der Waals surface area contributed by atoms with Crippen molar-refractivity contribution in [2.45, 2.75) is 84.4 Å². The Kier molecular flexibility index (Phi) is 17.0. The first-order chi connectivity index (χ1) is 27.8. The van der Waals surface area contributed by atoms with Crippen molar-refractivity contribution in [3.05, 3.63) is 107 Å². The molecular formula is C43H53N7O8. The first-order valence-electron chi connectivity index (χ1n) is 19.4. The SMILES string of the molecule is Cc1cccc(Cc2ccc(NC(=O)OCc3ccc(NC(=O)[C@H](CCCNC(N)=O)NC(=O)[C@@H](NC(=O)CCCCCN4C(=O)C=CC4=O)C(C)C)cc3)cc2)c1. The summed E-state index contributed by atoms with van der Waals surface area (Å²) in [5, 5.41) is 13.5. The fourth-order valence-electron chi connectivity index (χ4n) is 6.19. The number of amides is 8. The average molecular weight is 796 g/mol. The van der Waals surface area contributed by atoms with Gasteiger partial charge in [-0.1, -0.05) is 74.4 Å². The molecule has 0 bridgehead atoms. The lowest BCUT2D eigenvalue weighted by Gasteiger charge is -2.25. The highest BCUT2D eigenvalue weighted by atomic mass is 16.5. The molecule has 308 valence electrons. The van der Waals surface area contributed by atoms with Crippen LogP contribution in [0.5, 0.6) is 0 Å². The zero-order valence-electron chi connectivity index (χ0n) is 33.2. The van der Waals surface area contributed by atoms with Crippen LogP contribution in [0, 0.1) is 12.8 Å². The minimum Gasteiger partial charge on any atom is -0.444 e. The maximum atomic E-state index is 13.5. The minimum atomic E-state index is -1.02. The van der Waals surface area contributed by atoms with Crippen LogP contribution in [0.2, 0.25) is 0 Å². The Hall–Kier alpha value is -6.51. The lowest BCUT2D eigenvalue weighted by molar-refractivity contribution is -0.137. The molecule has 58 heavy (non-hydrogen) atoms. The maximum Gasteiger partial charge on any atom is 0.411 e. The molecule has 0 saturated carbocycles. The van der Waals surface area contributed by atoms with Gasteiger partial charge < -0.3 is 31.7 Å². The molecule has 3 aromatic carbocycles. The zero-order chi connectivity index (χ0) is 42.0. The van der Waals surface area contributed by atoms with Crippen molar-refractivity contribution in [3.63, 3.8) is 0 Å². The Balaban J connectivity index is 1.25. The standard InChI is InChI=1S/C43H53N7O8/c1-28(2)39(49-36(51)12-5-4-6-24-50-37(52)21-22-38(50)53)41(55)48-35(11-8-23-45-42(44)56)40(54)46-33-19-15-31(16-20-33)27-58-43(57)47-34-17-13-30(14-18-34)26-32-10-7-9-29(3)25-32/h7,9-10,13-22,25,28,35,39H,4-6,8,11-12,23-24,26-27H2,1-3H3,(H,46,54)(H,47,57)(H,48,55)(H,49,51)(H3,44,45,56)/t35-,39-/m0/s1. The molecule has 2 atom stereocenters. The highest BCUT2D eigenvalue weighted by Crippen LogP contribution is 2.17. The van der Waals surface area contributed by atoms with Gasteiger partial charge in [0.1, 0.15) is 18.7 Å². The van der Waals surface area contributed by atoms with E-state index >= 15 is 0 Å². The van der Waals surface area contributed by atoms with E-state index in [0.29, 0.717) is 42.6 Å². The molecule has 0 radical (unpaired) electrons. The van der Waals surface area contributed by atoms with Gasteiger partial charge in [-0.15, -0.1) is 0 Å². The first-order valence-corrected chi connectivity index (χ1v) is 19.4. The number of imide groups is 1. The van der Waals surface area contributed by atoms with Crippen molar-refractivity contribution in [1.29, 1.82) is 0 Å². The molecule has 1 heterocycles. The monoisotopic (exact) mass is 795 g/mol. The summed E-state index contributed by atoms with van der Waals surface area (Å²) >= 11 is 0. The number of nitrogens with two attached hydrogens (primary N) is 1. The van der Waals surface area contributed by atoms with Crippen molar-refractivity contribution < 1.29 is 38.3 Å². The van der Waals surface area contributed by atoms with E-state index in [1.54, 1.807) is 38.1 Å². The Labute approximate surface area is 338 Å². The van der Waals surface area contributed by atoms with Gasteiger partial charge in [-0.05, 0) is 85.9 Å². The highest BCUT2D eigenvalue weighted by Gasteiger charge is 2.29. The number of unbranched alkanes of at least 4 members (excludes halogenated alkanes) is 2. The van der Waals surface area contributed by atoms with Crippen molar-refractivity contribution >= 4 is 53.0 Å². The summed E-state index contributed by atoms with van der Waals surface area (Å²) in [6, 6.07) is 19.9. The van der Waals surface area contributed by atoms with E-state index in [1.165, 1.54) is 23.3 Å². The van der Waals surface area contributed by atoms with Crippen LogP contribution in [-0.4, -0.2) is 71.7 Å². The molecule has 0 fully saturated rings. The van der Waals surface area contributed by atoms with Crippen LogP contribution in [0.15, 0.2) is 84.9 Å². The van der Waals surface area contributed by atoms with Crippen LogP contribution in [-0.2, 0) is 41.7 Å². The van der Waals surface area contributed by atoms with Gasteiger partial charge in [-0.2, -0.15) is 0 Å². The Morgan fingerprint density at radius 1 is 0.741 bits per heavy atom. The second-order valence-corrected chi connectivity index (χ2v) is 14.5. The van der Waals surface area contributed by atoms with E-state index in [4.69, 9.17) is 10.5 Å². The number of carbonyl (C=O) groups excluding carboxylic acids is 7. The second-order valence-electron chi connectivity index (χ2n) is 14.5. The number of hydrogen-bond acceptors (Lipinski definition) is 8. The maximum absolute atomic E-state index is 13.5. The molecule has 0 unspecified atom stereocenters. The number of anilines is 2. The number of benzene rings is 3. The number of ether oxygens (including phenoxy) is 1. The predicted octanol–water partition coefficient (Wildman–Crippen LogP) is 4.83. The average Bonchev–Trinajstić information content (AvgIpc) is 3.50. The number of nitrogens with zero attached hydrogens (tertiary/aromatic N) is 1. The Morgan fingerprint density at radius 2 is 1.40 bits per heavy atom. The first kappa shape index (κ1) is 44.2. The number of hydrogen-bond donors (Lipinski definition) is 6. The molecule has 4 rings (SSSR count). The van der Waals surface area contributed by atoms with Crippen LogP contribution in [0.25, 0.3) is 0 Å². The van der Waals surface area contributed by atoms with Crippen molar-refractivity contribution in [3.8, 4) is 0 Å². The summed E-state index contributed by atoms with van der Waals surface area (Å²) in [7, 11) is 0. The summed E-state index contributed by atoms with van der Waals surface area (Å²) in [6.45, 7) is 6.03. The topological polar surface area (TPSA) is 218 Å². The molecule has 0 saturated heterocycles. The van der Waals surface area contributed by atoms with Crippen molar-refractivity contribution in [2.24, 2.45) is 11.7 Å². The number of nitrogens with one attached hydrogen (secondary N) is 5. The number of carbonyl (C=O) groups is 7. The van der Waals surface area contributed by atoms with Gasteiger partial charge in [-0.25, -0.2) is 9.59 Å². The smallest absolute Gasteiger partial charge is 0.411 e. The number of rotatable bonds is 21. The van der Waals surface area contributed by atoms with Crippen LogP contribution in [0.4, 0.5) is 21.0 Å². The lowest BCUT2D eigenvalue weighted by atomic mass is 10.0. The normalized spacial score (nSPS) is 13.1. The third-order valence-corrected chi connectivity index (χ3v) is 9.34. The van der Waals surface area contributed by atoms with E-state index < -0.39 is 36.0 Å². The van der Waals surface area contributed by atoms with Crippen LogP contribution < -0.4 is 32.3 Å². The third-order valence-electron chi connectivity index (χ3n) is 9.34. The van der Waals surface area contributed by atoms with Crippen LogP contribution in [0.3, 0.4) is 0 Å². The van der Waals surface area contributed by atoms with E-state index in [9.17, 15) is 33.6 Å². The molecule has 15 heteroatoms. The summed E-state index contributed by atoms with van der Waals surface area (Å²) in [4.78, 5) is 88.0. The Bertz CT molecular complexity index is 1930. The largest absolute Gasteiger partial charge is 0.444 e. The van der Waals surface area contributed by atoms with E-state index in [0.717, 1.165) is 16.9 Å². The fraction of sp³-hybridized carbons (Fsp3) is 0.372. The van der Waals surface area contributed by atoms with E-state index in [-0.39, 0.29) is 56.2 Å². The molecule has 15 nitrogen and oxygen atoms in total. The second kappa shape index (κ2) is 22.3. The fourth-order valence-corrected chi connectivity index (χ4v) is 6.19. The molecule has 0 aliphatic carbocycles. The molecule has 3 aromatic rings. The number of urea groups is 1. The van der Waals surface area contributed by atoms with Gasteiger partial charge in [0.05, 0.1) is 0 Å². The summed E-state index contributed by atoms with van der Waals surface area (Å²) in [5.74, 6) is -2.41.